The molecule has 0 unspecified atom stereocenters. The van der Waals surface area contributed by atoms with E-state index in [1.165, 1.54) is 16.9 Å². The SMILES string of the molecule is CC(C)n1nccc1-c1cc2c(=O)n(N(C(=O)O)S(C)(=O)=O)c(=O)[nH]c2cc1C(F)(F)F. The molecule has 0 saturated carbocycles. The molecule has 2 aromatic heterocycles. The molecule has 0 radical (unpaired) electrons. The quantitative estimate of drug-likeness (QED) is 0.584. The van der Waals surface area contributed by atoms with Crippen LogP contribution in [0.15, 0.2) is 34.0 Å². The number of benzene rings is 1. The molecule has 0 spiro atoms. The van der Waals surface area contributed by atoms with E-state index in [1.807, 2.05) is 4.98 Å². The Labute approximate surface area is 177 Å². The summed E-state index contributed by atoms with van der Waals surface area (Å²) in [6, 6.07) is 2.28. The van der Waals surface area contributed by atoms with Crippen molar-refractivity contribution in [2.75, 3.05) is 10.7 Å². The molecule has 2 heterocycles. The Morgan fingerprint density at radius 2 is 1.88 bits per heavy atom. The van der Waals surface area contributed by atoms with E-state index in [0.717, 1.165) is 6.07 Å². The summed E-state index contributed by atoms with van der Waals surface area (Å²) in [7, 11) is -4.65. The number of nitrogens with one attached hydrogen (secondary N) is 1. The van der Waals surface area contributed by atoms with Crippen LogP contribution in [0.2, 0.25) is 0 Å². The fourth-order valence-electron chi connectivity index (χ4n) is 3.18. The molecule has 0 saturated heterocycles. The minimum absolute atomic E-state index is 0.00424. The standard InChI is InChI=1S/C17H16F3N5O6S/c1-8(2)23-13(4-5-21-23)9-6-10-12(7-11(9)17(18,19)20)22-15(27)24(14(10)26)25(16(28)29)32(3,30)31/h4-8H,1-3H3,(H,22,27)(H,28,29). The second kappa shape index (κ2) is 7.51. The van der Waals surface area contributed by atoms with Gasteiger partial charge in [-0.2, -0.15) is 18.3 Å². The third-order valence-electron chi connectivity index (χ3n) is 4.41. The first kappa shape index (κ1) is 23.1. The number of fused-ring (bicyclic) bond motifs is 1. The molecule has 0 fully saturated rings. The van der Waals surface area contributed by atoms with Gasteiger partial charge in [-0.15, -0.1) is 4.68 Å². The second-order valence-electron chi connectivity index (χ2n) is 7.03. The minimum Gasteiger partial charge on any atom is -0.463 e. The predicted octanol–water partition coefficient (Wildman–Crippen LogP) is 1.73. The largest absolute Gasteiger partial charge is 0.463 e. The van der Waals surface area contributed by atoms with Crippen LogP contribution in [0.4, 0.5) is 18.0 Å². The number of alkyl halides is 3. The molecule has 1 aromatic carbocycles. The smallest absolute Gasteiger partial charge is 0.441 e. The summed E-state index contributed by atoms with van der Waals surface area (Å²) in [5.74, 6) is 0. The summed E-state index contributed by atoms with van der Waals surface area (Å²) in [5.41, 5.74) is -5.19. The predicted molar refractivity (Wildman–Crippen MR) is 107 cm³/mol. The number of rotatable bonds is 4. The monoisotopic (exact) mass is 475 g/mol. The molecule has 0 aliphatic carbocycles. The van der Waals surface area contributed by atoms with Gasteiger partial charge in [0.2, 0.25) is 0 Å². The van der Waals surface area contributed by atoms with Crippen LogP contribution in [0.25, 0.3) is 22.2 Å². The molecule has 15 heteroatoms. The van der Waals surface area contributed by atoms with Gasteiger partial charge in [-0.05, 0) is 32.0 Å². The highest BCUT2D eigenvalue weighted by Crippen LogP contribution is 2.39. The number of sulfonamides is 1. The third kappa shape index (κ3) is 3.86. The Morgan fingerprint density at radius 3 is 2.38 bits per heavy atom. The summed E-state index contributed by atoms with van der Waals surface area (Å²) < 4.78 is 65.7. The van der Waals surface area contributed by atoms with Crippen LogP contribution in [0.5, 0.6) is 0 Å². The lowest BCUT2D eigenvalue weighted by atomic mass is 10.0. The topological polar surface area (TPSA) is 147 Å². The lowest BCUT2D eigenvalue weighted by molar-refractivity contribution is -0.137. The summed E-state index contributed by atoms with van der Waals surface area (Å²) in [4.78, 5) is 38.6. The lowest BCUT2D eigenvalue weighted by Gasteiger charge is -2.19. The van der Waals surface area contributed by atoms with E-state index in [4.69, 9.17) is 0 Å². The molecule has 3 aromatic rings. The Kier molecular flexibility index (Phi) is 5.41. The maximum atomic E-state index is 13.8. The number of carbonyl (C=O) groups is 1. The van der Waals surface area contributed by atoms with E-state index >= 15 is 0 Å². The van der Waals surface area contributed by atoms with Crippen molar-refractivity contribution in [2.24, 2.45) is 0 Å². The van der Waals surface area contributed by atoms with Gasteiger partial charge in [-0.1, -0.05) is 4.41 Å². The van der Waals surface area contributed by atoms with Crippen LogP contribution < -0.4 is 15.7 Å². The van der Waals surface area contributed by atoms with E-state index in [1.54, 1.807) is 13.8 Å². The van der Waals surface area contributed by atoms with Gasteiger partial charge < -0.3 is 10.1 Å². The molecule has 3 rings (SSSR count). The van der Waals surface area contributed by atoms with Crippen molar-refractivity contribution in [3.63, 3.8) is 0 Å². The Bertz CT molecular complexity index is 1450. The van der Waals surface area contributed by atoms with Crippen molar-refractivity contribution in [1.82, 2.24) is 19.4 Å². The Morgan fingerprint density at radius 1 is 1.25 bits per heavy atom. The number of hydrogen-bond donors (Lipinski definition) is 2. The molecule has 1 amide bonds. The maximum Gasteiger partial charge on any atom is 0.441 e. The number of aromatic nitrogens is 4. The van der Waals surface area contributed by atoms with E-state index in [2.05, 4.69) is 5.10 Å². The highest BCUT2D eigenvalue weighted by molar-refractivity contribution is 7.92. The van der Waals surface area contributed by atoms with Crippen LogP contribution in [0.1, 0.15) is 25.5 Å². The fraction of sp³-hybridized carbons (Fsp3) is 0.294. The number of amides is 1. The van der Waals surface area contributed by atoms with Crippen molar-refractivity contribution < 1.29 is 31.5 Å². The van der Waals surface area contributed by atoms with Crippen molar-refractivity contribution in [1.29, 1.82) is 0 Å². The van der Waals surface area contributed by atoms with Crippen LogP contribution in [0, 0.1) is 0 Å². The number of aromatic amines is 1. The van der Waals surface area contributed by atoms with Crippen molar-refractivity contribution >= 4 is 27.0 Å². The molecular formula is C17H16F3N5O6S. The number of halogens is 3. The number of hydrogen-bond acceptors (Lipinski definition) is 6. The molecule has 0 aliphatic rings. The van der Waals surface area contributed by atoms with Crippen LogP contribution in [-0.2, 0) is 16.2 Å². The first-order valence-corrected chi connectivity index (χ1v) is 10.7. The Balaban J connectivity index is 2.49. The third-order valence-corrected chi connectivity index (χ3v) is 5.36. The Hall–Kier alpha value is -3.62. The van der Waals surface area contributed by atoms with Gasteiger partial charge in [0, 0.05) is 17.8 Å². The highest BCUT2D eigenvalue weighted by Gasteiger charge is 2.36. The average molecular weight is 475 g/mol. The van der Waals surface area contributed by atoms with Crippen LogP contribution >= 0.6 is 0 Å². The lowest BCUT2D eigenvalue weighted by Crippen LogP contribution is -2.55. The molecule has 2 N–H and O–H groups in total. The molecule has 0 atom stereocenters. The van der Waals surface area contributed by atoms with Crippen molar-refractivity contribution in [3.05, 3.63) is 50.8 Å². The zero-order valence-electron chi connectivity index (χ0n) is 16.7. The number of nitrogens with zero attached hydrogens (tertiary/aromatic N) is 4. The van der Waals surface area contributed by atoms with Gasteiger partial charge >= 0.3 is 18.0 Å². The van der Waals surface area contributed by atoms with Gasteiger partial charge in [-0.25, -0.2) is 18.0 Å². The fourth-order valence-corrected chi connectivity index (χ4v) is 3.91. The van der Waals surface area contributed by atoms with E-state index in [9.17, 15) is 41.1 Å². The number of carboxylic acid groups (broad SMARTS) is 1. The second-order valence-corrected chi connectivity index (χ2v) is 8.84. The molecule has 32 heavy (non-hydrogen) atoms. The van der Waals surface area contributed by atoms with Crippen LogP contribution in [-0.4, -0.2) is 45.3 Å². The maximum absolute atomic E-state index is 13.8. The van der Waals surface area contributed by atoms with Gasteiger partial charge in [0.1, 0.15) is 0 Å². The highest BCUT2D eigenvalue weighted by atomic mass is 32.2. The zero-order chi connectivity index (χ0) is 24.2. The molecule has 11 nitrogen and oxygen atoms in total. The summed E-state index contributed by atoms with van der Waals surface area (Å²) in [5, 5.41) is 12.6. The first-order valence-electron chi connectivity index (χ1n) is 8.82. The van der Waals surface area contributed by atoms with E-state index in [-0.39, 0.29) is 16.4 Å². The first-order chi connectivity index (χ1) is 14.6. The van der Waals surface area contributed by atoms with Gasteiger partial charge in [0.15, 0.2) is 0 Å². The average Bonchev–Trinajstić information content (AvgIpc) is 3.12. The normalized spacial score (nSPS) is 12.5. The summed E-state index contributed by atoms with van der Waals surface area (Å²) >= 11 is 0. The van der Waals surface area contributed by atoms with Gasteiger partial charge in [-0.3, -0.25) is 9.48 Å². The minimum atomic E-state index is -4.89. The molecular weight excluding hydrogens is 459 g/mol. The molecule has 0 bridgehead atoms. The van der Waals surface area contributed by atoms with Gasteiger partial charge in [0.05, 0.1) is 28.4 Å². The van der Waals surface area contributed by atoms with Gasteiger partial charge in [0.25, 0.3) is 15.6 Å². The number of H-pyrrole nitrogens is 1. The van der Waals surface area contributed by atoms with Crippen molar-refractivity contribution in [3.8, 4) is 11.3 Å². The van der Waals surface area contributed by atoms with Crippen molar-refractivity contribution in [2.45, 2.75) is 26.1 Å². The molecule has 0 aliphatic heterocycles. The van der Waals surface area contributed by atoms with Crippen LogP contribution in [0.3, 0.4) is 0 Å². The summed E-state index contributed by atoms with van der Waals surface area (Å²) in [6.07, 6.45) is -5.34. The van der Waals surface area contributed by atoms with E-state index in [0.29, 0.717) is 12.3 Å². The zero-order valence-corrected chi connectivity index (χ0v) is 17.5. The summed E-state index contributed by atoms with van der Waals surface area (Å²) in [6.45, 7) is 3.35. The van der Waals surface area contributed by atoms with E-state index < -0.39 is 60.0 Å². The molecule has 172 valence electrons.